The fourth-order valence-corrected chi connectivity index (χ4v) is 8.85. The number of nitrogens with one attached hydrogen (secondary N) is 1. The number of hydrogen-bond donors (Lipinski definition) is 2. The maximum absolute atomic E-state index is 13.0. The zero-order valence-corrected chi connectivity index (χ0v) is 43.4. The van der Waals surface area contributed by atoms with Gasteiger partial charge in [-0.3, -0.25) is 9.36 Å². The van der Waals surface area contributed by atoms with E-state index in [2.05, 4.69) is 43.5 Å². The molecule has 0 aromatic rings. The summed E-state index contributed by atoms with van der Waals surface area (Å²) in [5.41, 5.74) is 0. The minimum absolute atomic E-state index is 0.0124. The van der Waals surface area contributed by atoms with Crippen LogP contribution in [-0.4, -0.2) is 68.5 Å². The molecular formula is C54H107N2O6P. The van der Waals surface area contributed by atoms with E-state index in [1.807, 2.05) is 21.1 Å². The first-order valence-electron chi connectivity index (χ1n) is 27.2. The minimum atomic E-state index is -4.57. The Hall–Kier alpha value is -1.02. The number of rotatable bonds is 50. The summed E-state index contributed by atoms with van der Waals surface area (Å²) in [5.74, 6) is -0.166. The molecule has 0 aliphatic heterocycles. The van der Waals surface area contributed by atoms with Crippen LogP contribution in [0.1, 0.15) is 264 Å². The zero-order chi connectivity index (χ0) is 46.4. The third-order valence-corrected chi connectivity index (χ3v) is 13.4. The Bertz CT molecular complexity index is 1080. The monoisotopic (exact) mass is 911 g/mol. The Labute approximate surface area is 392 Å². The van der Waals surface area contributed by atoms with Gasteiger partial charge in [0.25, 0.3) is 7.82 Å². The number of carbonyl (C=O) groups excluding carboxylic acids is 1. The van der Waals surface area contributed by atoms with Crippen LogP contribution in [0.5, 0.6) is 0 Å². The predicted octanol–water partition coefficient (Wildman–Crippen LogP) is 15.4. The highest BCUT2D eigenvalue weighted by Crippen LogP contribution is 2.38. The second-order valence-corrected chi connectivity index (χ2v) is 21.4. The zero-order valence-electron chi connectivity index (χ0n) is 42.5. The Morgan fingerprint density at radius 3 is 1.35 bits per heavy atom. The van der Waals surface area contributed by atoms with Crippen LogP contribution in [0.15, 0.2) is 24.3 Å². The van der Waals surface area contributed by atoms with Crippen molar-refractivity contribution in [2.24, 2.45) is 0 Å². The molecule has 63 heavy (non-hydrogen) atoms. The SMILES string of the molecule is CCCCC/C=C\C/C=C\CCCCCCCCCCCC(=O)NC(COP(=O)([O-])OCC[N+](C)(C)C)C(O)CCCCCCCCCCCCCCCCCCCCCCCC. The molecule has 0 saturated heterocycles. The molecule has 374 valence electrons. The van der Waals surface area contributed by atoms with E-state index < -0.39 is 20.0 Å². The van der Waals surface area contributed by atoms with Crippen LogP contribution in [0.25, 0.3) is 0 Å². The molecule has 0 aliphatic rings. The van der Waals surface area contributed by atoms with Gasteiger partial charge >= 0.3 is 0 Å². The molecule has 0 bridgehead atoms. The maximum Gasteiger partial charge on any atom is 0.268 e. The Morgan fingerprint density at radius 1 is 0.556 bits per heavy atom. The number of likely N-dealkylation sites (N-methyl/N-ethyl adjacent to an activating group) is 1. The summed E-state index contributed by atoms with van der Waals surface area (Å²) in [6, 6.07) is -0.802. The maximum atomic E-state index is 13.0. The third-order valence-electron chi connectivity index (χ3n) is 12.4. The van der Waals surface area contributed by atoms with Gasteiger partial charge in [0.1, 0.15) is 13.2 Å². The van der Waals surface area contributed by atoms with Crippen LogP contribution in [-0.2, 0) is 18.4 Å². The molecule has 8 nitrogen and oxygen atoms in total. The van der Waals surface area contributed by atoms with Crippen LogP contribution >= 0.6 is 7.82 Å². The summed E-state index contributed by atoms with van der Waals surface area (Å²) in [5, 5.41) is 14.0. The first kappa shape index (κ1) is 62.0. The summed E-state index contributed by atoms with van der Waals surface area (Å²) in [6.07, 6.45) is 56.2. The van der Waals surface area contributed by atoms with E-state index in [1.54, 1.807) is 0 Å². The van der Waals surface area contributed by atoms with Crippen molar-refractivity contribution in [3.63, 3.8) is 0 Å². The summed E-state index contributed by atoms with van der Waals surface area (Å²) >= 11 is 0. The smallest absolute Gasteiger partial charge is 0.268 e. The molecular weight excluding hydrogens is 804 g/mol. The van der Waals surface area contributed by atoms with Crippen molar-refractivity contribution in [1.82, 2.24) is 5.32 Å². The van der Waals surface area contributed by atoms with Crippen molar-refractivity contribution in [3.8, 4) is 0 Å². The Balaban J connectivity index is 4.21. The number of nitrogens with zero attached hydrogens (tertiary/aromatic N) is 1. The lowest BCUT2D eigenvalue weighted by Gasteiger charge is -2.30. The molecule has 0 heterocycles. The summed E-state index contributed by atoms with van der Waals surface area (Å²) in [4.78, 5) is 25.5. The number of carbonyl (C=O) groups is 1. The van der Waals surface area contributed by atoms with Gasteiger partial charge in [-0.25, -0.2) is 0 Å². The van der Waals surface area contributed by atoms with Crippen molar-refractivity contribution >= 4 is 13.7 Å². The van der Waals surface area contributed by atoms with E-state index in [9.17, 15) is 19.4 Å². The second kappa shape index (κ2) is 46.1. The van der Waals surface area contributed by atoms with E-state index in [-0.39, 0.29) is 19.1 Å². The highest BCUT2D eigenvalue weighted by atomic mass is 31.2. The van der Waals surface area contributed by atoms with Gasteiger partial charge in [-0.2, -0.15) is 0 Å². The molecule has 1 amide bonds. The van der Waals surface area contributed by atoms with Crippen LogP contribution < -0.4 is 10.2 Å². The van der Waals surface area contributed by atoms with E-state index >= 15 is 0 Å². The molecule has 0 aromatic heterocycles. The summed E-state index contributed by atoms with van der Waals surface area (Å²) in [7, 11) is 1.31. The van der Waals surface area contributed by atoms with Crippen molar-refractivity contribution < 1.29 is 32.9 Å². The molecule has 0 spiro atoms. The molecule has 3 unspecified atom stereocenters. The van der Waals surface area contributed by atoms with Crippen molar-refractivity contribution in [1.29, 1.82) is 0 Å². The second-order valence-electron chi connectivity index (χ2n) is 19.9. The standard InChI is InChI=1S/C54H107N2O6P/c1-6-8-10-12-14-16-18-20-22-24-26-27-28-30-31-33-35-37-39-41-43-45-47-53(57)52(51-62-63(59,60)61-50-49-56(3,4)5)55-54(58)48-46-44-42-40-38-36-34-32-29-25-23-21-19-17-15-13-11-9-7-2/h15,17,21,23,52-53,57H,6-14,16,18-20,22,24-51H2,1-5H3,(H-,55,58,59,60)/b17-15-,23-21-. The number of phosphoric ester groups is 1. The number of amides is 1. The van der Waals surface area contributed by atoms with Gasteiger partial charge in [-0.1, -0.05) is 237 Å². The van der Waals surface area contributed by atoms with Crippen LogP contribution in [0.2, 0.25) is 0 Å². The molecule has 9 heteroatoms. The number of unbranched alkanes of at least 4 members (excludes halogenated alkanes) is 33. The fourth-order valence-electron chi connectivity index (χ4n) is 8.13. The quantitative estimate of drug-likeness (QED) is 0.0272. The number of hydrogen-bond acceptors (Lipinski definition) is 6. The van der Waals surface area contributed by atoms with Crippen LogP contribution in [0.4, 0.5) is 0 Å². The number of quaternary nitrogens is 1. The molecule has 2 N–H and O–H groups in total. The fraction of sp³-hybridized carbons (Fsp3) is 0.907. The van der Waals surface area contributed by atoms with Crippen LogP contribution in [0.3, 0.4) is 0 Å². The van der Waals surface area contributed by atoms with E-state index in [4.69, 9.17) is 9.05 Å². The Kier molecular flexibility index (Phi) is 45.4. The molecule has 0 aliphatic carbocycles. The van der Waals surface area contributed by atoms with Crippen molar-refractivity contribution in [3.05, 3.63) is 24.3 Å². The van der Waals surface area contributed by atoms with E-state index in [0.717, 1.165) is 44.9 Å². The van der Waals surface area contributed by atoms with E-state index in [0.29, 0.717) is 23.9 Å². The topological polar surface area (TPSA) is 108 Å². The normalized spacial score (nSPS) is 14.2. The largest absolute Gasteiger partial charge is 0.756 e. The molecule has 0 aromatic carbocycles. The number of aliphatic hydroxyl groups excluding tert-OH is 1. The third kappa shape index (κ3) is 48.7. The molecule has 3 atom stereocenters. The van der Waals surface area contributed by atoms with Gasteiger partial charge in [0.05, 0.1) is 39.9 Å². The first-order chi connectivity index (χ1) is 30.5. The highest BCUT2D eigenvalue weighted by molar-refractivity contribution is 7.45. The number of aliphatic hydroxyl groups is 1. The lowest BCUT2D eigenvalue weighted by Crippen LogP contribution is -2.46. The average Bonchev–Trinajstić information content (AvgIpc) is 3.24. The van der Waals surface area contributed by atoms with Gasteiger partial charge < -0.3 is 28.8 Å². The van der Waals surface area contributed by atoms with Crippen molar-refractivity contribution in [2.45, 2.75) is 276 Å². The molecule has 0 fully saturated rings. The van der Waals surface area contributed by atoms with Crippen LogP contribution in [0, 0.1) is 0 Å². The van der Waals surface area contributed by atoms with Gasteiger partial charge in [0.2, 0.25) is 5.91 Å². The average molecular weight is 911 g/mol. The van der Waals surface area contributed by atoms with Crippen molar-refractivity contribution in [2.75, 3.05) is 40.9 Å². The Morgan fingerprint density at radius 2 is 0.921 bits per heavy atom. The molecule has 0 rings (SSSR count). The predicted molar refractivity (Wildman–Crippen MR) is 270 cm³/mol. The van der Waals surface area contributed by atoms with Gasteiger partial charge in [-0.15, -0.1) is 0 Å². The summed E-state index contributed by atoms with van der Waals surface area (Å²) in [6.45, 7) is 4.72. The molecule has 0 saturated carbocycles. The highest BCUT2D eigenvalue weighted by Gasteiger charge is 2.24. The van der Waals surface area contributed by atoms with Gasteiger partial charge in [0.15, 0.2) is 0 Å². The van der Waals surface area contributed by atoms with Gasteiger partial charge in [-0.05, 0) is 44.9 Å². The lowest BCUT2D eigenvalue weighted by atomic mass is 10.0. The first-order valence-corrected chi connectivity index (χ1v) is 28.6. The number of allylic oxidation sites excluding steroid dienone is 4. The summed E-state index contributed by atoms with van der Waals surface area (Å²) < 4.78 is 23.4. The minimum Gasteiger partial charge on any atom is -0.756 e. The lowest BCUT2D eigenvalue weighted by molar-refractivity contribution is -0.870. The molecule has 0 radical (unpaired) electrons. The van der Waals surface area contributed by atoms with E-state index in [1.165, 1.54) is 193 Å². The number of phosphoric acid groups is 1. The van der Waals surface area contributed by atoms with Gasteiger partial charge in [0, 0.05) is 6.42 Å².